The summed E-state index contributed by atoms with van der Waals surface area (Å²) in [6, 6.07) is -1.02. The van der Waals surface area contributed by atoms with Gasteiger partial charge in [-0.25, -0.2) is 4.79 Å². The molecular weight excluding hydrogens is 254 g/mol. The van der Waals surface area contributed by atoms with Crippen LogP contribution in [0.3, 0.4) is 0 Å². The molecule has 0 aliphatic heterocycles. The third kappa shape index (κ3) is 8.44. The first-order valence-electron chi connectivity index (χ1n) is 6.17. The van der Waals surface area contributed by atoms with E-state index in [-0.39, 0.29) is 18.3 Å². The molecular formula is C12H26ClN3O2. The minimum Gasteiger partial charge on any atom is -1.00 e. The number of carbonyl (C=O) groups is 2. The second-order valence-corrected chi connectivity index (χ2v) is 5.44. The van der Waals surface area contributed by atoms with E-state index in [0.29, 0.717) is 24.7 Å². The summed E-state index contributed by atoms with van der Waals surface area (Å²) in [7, 11) is 0. The molecule has 0 aliphatic carbocycles. The molecule has 0 spiro atoms. The largest absolute Gasteiger partial charge is 1.00 e. The van der Waals surface area contributed by atoms with E-state index in [9.17, 15) is 9.59 Å². The Morgan fingerprint density at radius 2 is 1.50 bits per heavy atom. The lowest BCUT2D eigenvalue weighted by Gasteiger charge is -2.16. The van der Waals surface area contributed by atoms with Crippen LogP contribution in [0.25, 0.3) is 0 Å². The summed E-state index contributed by atoms with van der Waals surface area (Å²) in [5.74, 6) is 0.0456. The van der Waals surface area contributed by atoms with Crippen LogP contribution in [0.1, 0.15) is 40.5 Å². The lowest BCUT2D eigenvalue weighted by Crippen LogP contribution is -3.00. The van der Waals surface area contributed by atoms with Crippen molar-refractivity contribution in [2.75, 3.05) is 0 Å². The third-order valence-electron chi connectivity index (χ3n) is 2.55. The third-order valence-corrected chi connectivity index (χ3v) is 2.55. The first-order chi connectivity index (χ1) is 7.73. The van der Waals surface area contributed by atoms with Crippen LogP contribution in [0.2, 0.25) is 0 Å². The molecule has 0 fully saturated rings. The zero-order valence-electron chi connectivity index (χ0n) is 11.7. The van der Waals surface area contributed by atoms with Crippen LogP contribution in [0.15, 0.2) is 0 Å². The fraction of sp³-hybridized carbons (Fsp3) is 0.833. The Balaban J connectivity index is 0. The average Bonchev–Trinajstić information content (AvgIpc) is 2.14. The van der Waals surface area contributed by atoms with Gasteiger partial charge >= 0.3 is 5.91 Å². The minimum atomic E-state index is -0.524. The number of carbonyl (C=O) groups excluding carboxylic acids is 2. The predicted octanol–water partition coefficient (Wildman–Crippen LogP) is -3.65. The Hall–Kier alpha value is -0.650. The van der Waals surface area contributed by atoms with Crippen molar-refractivity contribution < 1.29 is 27.3 Å². The summed E-state index contributed by atoms with van der Waals surface area (Å²) in [5, 5.41) is 1.40. The van der Waals surface area contributed by atoms with Gasteiger partial charge in [-0.05, 0) is 18.3 Å². The standard InChI is InChI=1S/C12H25N3O2.ClH/c1-7(2)5-9(13)12(17)15-10(11(14)16)6-8(3)4;/h7-10H,5-6,13H2,1-4H3,(H2,14,16)(H,15,17);1H. The van der Waals surface area contributed by atoms with Crippen LogP contribution in [0.4, 0.5) is 0 Å². The minimum absolute atomic E-state index is 0. The molecule has 0 aliphatic rings. The normalized spacial score (nSPS) is 14.2. The molecule has 2 unspecified atom stereocenters. The number of amides is 2. The SMILES string of the molecule is CC(C)CC(N)C(=O)[NH2+]C(CC(C)C)C(N)=O.[Cl-]. The summed E-state index contributed by atoms with van der Waals surface area (Å²) < 4.78 is 0. The van der Waals surface area contributed by atoms with E-state index in [4.69, 9.17) is 11.5 Å². The molecule has 0 aromatic rings. The maximum Gasteiger partial charge on any atom is 0.327 e. The van der Waals surface area contributed by atoms with Gasteiger partial charge in [-0.3, -0.25) is 10.1 Å². The monoisotopic (exact) mass is 279 g/mol. The predicted molar refractivity (Wildman–Crippen MR) is 66.8 cm³/mol. The van der Waals surface area contributed by atoms with Gasteiger partial charge in [0.15, 0.2) is 6.04 Å². The van der Waals surface area contributed by atoms with E-state index < -0.39 is 18.0 Å². The Bertz CT molecular complexity index is 270. The van der Waals surface area contributed by atoms with E-state index in [0.717, 1.165) is 0 Å². The number of primary amides is 2. The highest BCUT2D eigenvalue weighted by molar-refractivity contribution is 5.81. The zero-order valence-corrected chi connectivity index (χ0v) is 12.4. The van der Waals surface area contributed by atoms with Gasteiger partial charge in [0.25, 0.3) is 5.91 Å². The van der Waals surface area contributed by atoms with Crippen LogP contribution >= 0.6 is 0 Å². The molecule has 6 heteroatoms. The van der Waals surface area contributed by atoms with Crippen molar-refractivity contribution in [2.45, 2.75) is 52.6 Å². The van der Waals surface area contributed by atoms with Crippen LogP contribution in [0.5, 0.6) is 0 Å². The van der Waals surface area contributed by atoms with Crippen LogP contribution in [-0.2, 0) is 9.59 Å². The van der Waals surface area contributed by atoms with Crippen molar-refractivity contribution in [2.24, 2.45) is 23.3 Å². The first-order valence-corrected chi connectivity index (χ1v) is 6.17. The van der Waals surface area contributed by atoms with Gasteiger partial charge in [-0.15, -0.1) is 0 Å². The smallest absolute Gasteiger partial charge is 0.327 e. The molecule has 0 saturated carbocycles. The van der Waals surface area contributed by atoms with Gasteiger partial charge < -0.3 is 23.9 Å². The van der Waals surface area contributed by atoms with Crippen molar-refractivity contribution in [3.8, 4) is 0 Å². The van der Waals surface area contributed by atoms with Gasteiger partial charge in [0, 0.05) is 6.42 Å². The number of quaternary nitrogens is 1. The van der Waals surface area contributed by atoms with Crippen LogP contribution in [-0.4, -0.2) is 23.9 Å². The molecule has 6 N–H and O–H groups in total. The summed E-state index contributed by atoms with van der Waals surface area (Å²) in [4.78, 5) is 23.0. The number of hydrogen-bond donors (Lipinski definition) is 3. The van der Waals surface area contributed by atoms with Crippen LogP contribution in [0, 0.1) is 11.8 Å². The quantitative estimate of drug-likeness (QED) is 0.448. The summed E-state index contributed by atoms with van der Waals surface area (Å²) in [6.07, 6.45) is 1.22. The van der Waals surface area contributed by atoms with Gasteiger partial charge in [0.05, 0.1) is 0 Å². The highest BCUT2D eigenvalue weighted by Crippen LogP contribution is 2.03. The van der Waals surface area contributed by atoms with Gasteiger partial charge in [0.2, 0.25) is 0 Å². The lowest BCUT2D eigenvalue weighted by atomic mass is 10.0. The number of halogens is 1. The van der Waals surface area contributed by atoms with Crippen molar-refractivity contribution in [1.29, 1.82) is 0 Å². The molecule has 0 saturated heterocycles. The lowest BCUT2D eigenvalue weighted by molar-refractivity contribution is -0.595. The molecule has 2 atom stereocenters. The molecule has 0 bridgehead atoms. The highest BCUT2D eigenvalue weighted by atomic mass is 35.5. The molecule has 0 radical (unpaired) electrons. The second kappa shape index (κ2) is 9.30. The maximum absolute atomic E-state index is 11.8. The molecule has 0 aromatic carbocycles. The molecule has 18 heavy (non-hydrogen) atoms. The topological polar surface area (TPSA) is 103 Å². The van der Waals surface area contributed by atoms with Crippen LogP contribution < -0.4 is 29.2 Å². The van der Waals surface area contributed by atoms with Crippen molar-refractivity contribution in [1.82, 2.24) is 0 Å². The van der Waals surface area contributed by atoms with E-state index >= 15 is 0 Å². The molecule has 0 heterocycles. The average molecular weight is 280 g/mol. The number of rotatable bonds is 7. The Morgan fingerprint density at radius 3 is 1.83 bits per heavy atom. The Kier molecular flexibility index (Phi) is 10.2. The zero-order chi connectivity index (χ0) is 13.6. The van der Waals surface area contributed by atoms with E-state index in [1.165, 1.54) is 5.32 Å². The fourth-order valence-corrected chi connectivity index (χ4v) is 1.72. The van der Waals surface area contributed by atoms with E-state index in [1.807, 2.05) is 27.7 Å². The summed E-state index contributed by atoms with van der Waals surface area (Å²) in [6.45, 7) is 7.99. The molecule has 2 amide bonds. The van der Waals surface area contributed by atoms with Gasteiger partial charge in [-0.1, -0.05) is 27.7 Å². The molecule has 5 nitrogen and oxygen atoms in total. The van der Waals surface area contributed by atoms with Crippen molar-refractivity contribution >= 4 is 11.8 Å². The molecule has 0 rings (SSSR count). The van der Waals surface area contributed by atoms with E-state index in [2.05, 4.69) is 0 Å². The number of hydrogen-bond acceptors (Lipinski definition) is 3. The summed E-state index contributed by atoms with van der Waals surface area (Å²) in [5.41, 5.74) is 11.0. The fourth-order valence-electron chi connectivity index (χ4n) is 1.72. The first kappa shape index (κ1) is 19.7. The Morgan fingerprint density at radius 1 is 1.06 bits per heavy atom. The summed E-state index contributed by atoms with van der Waals surface area (Å²) >= 11 is 0. The Labute approximate surface area is 115 Å². The van der Waals surface area contributed by atoms with E-state index in [1.54, 1.807) is 0 Å². The van der Waals surface area contributed by atoms with Crippen molar-refractivity contribution in [3.63, 3.8) is 0 Å². The molecule has 0 aromatic heterocycles. The van der Waals surface area contributed by atoms with Crippen molar-refractivity contribution in [3.05, 3.63) is 0 Å². The molecule has 108 valence electrons. The van der Waals surface area contributed by atoms with Gasteiger partial charge in [-0.2, -0.15) is 0 Å². The highest BCUT2D eigenvalue weighted by Gasteiger charge is 2.27. The second-order valence-electron chi connectivity index (χ2n) is 5.44. The maximum atomic E-state index is 11.8. The van der Waals surface area contributed by atoms with Gasteiger partial charge in [0.1, 0.15) is 6.04 Å². The number of nitrogens with two attached hydrogens (primary N) is 3.